The highest BCUT2D eigenvalue weighted by Crippen LogP contribution is 2.01. The van der Waals surface area contributed by atoms with Gasteiger partial charge in [0.25, 0.3) is 0 Å². The summed E-state index contributed by atoms with van der Waals surface area (Å²) in [6, 6.07) is 0. The summed E-state index contributed by atoms with van der Waals surface area (Å²) < 4.78 is 0. The van der Waals surface area contributed by atoms with Crippen molar-refractivity contribution in [2.24, 2.45) is 4.99 Å². The predicted octanol–water partition coefficient (Wildman–Crippen LogP) is 1.47. The Balaban J connectivity index is 0.00000484. The van der Waals surface area contributed by atoms with E-state index >= 15 is 0 Å². The van der Waals surface area contributed by atoms with E-state index in [1.54, 1.807) is 6.92 Å². The van der Waals surface area contributed by atoms with Crippen LogP contribution in [0.1, 0.15) is 33.6 Å². The zero-order valence-corrected chi connectivity index (χ0v) is 17.5. The van der Waals surface area contributed by atoms with E-state index in [9.17, 15) is 4.79 Å². The molecule has 0 aromatic carbocycles. The Bertz CT molecular complexity index is 356. The van der Waals surface area contributed by atoms with E-state index < -0.39 is 0 Å². The molecule has 1 rings (SSSR count). The van der Waals surface area contributed by atoms with E-state index in [2.05, 4.69) is 36.0 Å². The molecule has 7 heteroatoms. The number of amides is 1. The number of hydrogen-bond donors (Lipinski definition) is 1. The quantitative estimate of drug-likeness (QED) is 0.371. The maximum Gasteiger partial charge on any atom is 0.219 e. The van der Waals surface area contributed by atoms with Crippen LogP contribution in [0.3, 0.4) is 0 Å². The minimum Gasteiger partial charge on any atom is -0.357 e. The zero-order valence-electron chi connectivity index (χ0n) is 15.2. The molecule has 1 saturated heterocycles. The van der Waals surface area contributed by atoms with Gasteiger partial charge in [-0.3, -0.25) is 14.7 Å². The lowest BCUT2D eigenvalue weighted by Gasteiger charge is -2.33. The highest BCUT2D eigenvalue weighted by molar-refractivity contribution is 14.0. The molecule has 0 aliphatic carbocycles. The molecule has 1 amide bonds. The van der Waals surface area contributed by atoms with Gasteiger partial charge >= 0.3 is 0 Å². The fourth-order valence-corrected chi connectivity index (χ4v) is 2.55. The number of rotatable bonds is 7. The SMILES string of the molecule is CCCCN(C)C(=NCCN1CCN(C(C)=O)CC1)NCC.I. The number of carbonyl (C=O) groups excluding carboxylic acids is 1. The standard InChI is InChI=1S/C16H33N5O.HI/c1-5-7-9-19(4)16(17-6-2)18-8-10-20-11-13-21(14-12-20)15(3)22;/h5-14H2,1-4H3,(H,17,18);1H. The summed E-state index contributed by atoms with van der Waals surface area (Å²) in [6.07, 6.45) is 2.39. The van der Waals surface area contributed by atoms with Gasteiger partial charge in [0, 0.05) is 59.8 Å². The van der Waals surface area contributed by atoms with Gasteiger partial charge in [0.15, 0.2) is 5.96 Å². The number of aliphatic imine (C=N–C) groups is 1. The summed E-state index contributed by atoms with van der Waals surface area (Å²) in [5, 5.41) is 3.36. The molecule has 136 valence electrons. The lowest BCUT2D eigenvalue weighted by atomic mass is 10.3. The minimum atomic E-state index is 0. The molecule has 1 aliphatic heterocycles. The first kappa shape index (κ1) is 22.4. The molecule has 0 bridgehead atoms. The van der Waals surface area contributed by atoms with E-state index in [1.807, 2.05) is 4.90 Å². The second-order valence-corrected chi connectivity index (χ2v) is 5.86. The lowest BCUT2D eigenvalue weighted by Crippen LogP contribution is -2.48. The van der Waals surface area contributed by atoms with Gasteiger partial charge in [0.2, 0.25) is 5.91 Å². The van der Waals surface area contributed by atoms with Crippen LogP contribution >= 0.6 is 24.0 Å². The molecule has 0 unspecified atom stereocenters. The molecule has 0 spiro atoms. The molecule has 23 heavy (non-hydrogen) atoms. The summed E-state index contributed by atoms with van der Waals surface area (Å²) in [5.74, 6) is 1.18. The topological polar surface area (TPSA) is 51.2 Å². The number of halogens is 1. The number of unbranched alkanes of at least 4 members (excludes halogenated alkanes) is 1. The largest absolute Gasteiger partial charge is 0.357 e. The Labute approximate surface area is 158 Å². The van der Waals surface area contributed by atoms with Crippen molar-refractivity contribution in [2.75, 3.05) is 59.4 Å². The maximum atomic E-state index is 11.3. The van der Waals surface area contributed by atoms with Crippen LogP contribution in [0, 0.1) is 0 Å². The highest BCUT2D eigenvalue weighted by atomic mass is 127. The van der Waals surface area contributed by atoms with Crippen molar-refractivity contribution < 1.29 is 4.79 Å². The van der Waals surface area contributed by atoms with Gasteiger partial charge in [-0.25, -0.2) is 0 Å². The number of piperazine rings is 1. The molecule has 1 aliphatic rings. The van der Waals surface area contributed by atoms with Crippen LogP contribution in [-0.2, 0) is 4.79 Å². The molecular formula is C16H34IN5O. The Kier molecular flexibility index (Phi) is 12.5. The maximum absolute atomic E-state index is 11.3. The summed E-state index contributed by atoms with van der Waals surface area (Å²) >= 11 is 0. The molecule has 0 saturated carbocycles. The van der Waals surface area contributed by atoms with E-state index in [0.717, 1.165) is 58.3 Å². The van der Waals surface area contributed by atoms with E-state index in [4.69, 9.17) is 4.99 Å². The highest BCUT2D eigenvalue weighted by Gasteiger charge is 2.17. The summed E-state index contributed by atoms with van der Waals surface area (Å²) in [4.78, 5) is 22.6. The van der Waals surface area contributed by atoms with Crippen molar-refractivity contribution in [3.05, 3.63) is 0 Å². The fourth-order valence-electron chi connectivity index (χ4n) is 2.55. The van der Waals surface area contributed by atoms with E-state index in [-0.39, 0.29) is 29.9 Å². The van der Waals surface area contributed by atoms with E-state index in [1.165, 1.54) is 12.8 Å². The molecule has 6 nitrogen and oxygen atoms in total. The minimum absolute atomic E-state index is 0. The van der Waals surface area contributed by atoms with Crippen LogP contribution < -0.4 is 5.32 Å². The second-order valence-electron chi connectivity index (χ2n) is 5.86. The predicted molar refractivity (Wildman–Crippen MR) is 108 cm³/mol. The van der Waals surface area contributed by atoms with Crippen molar-refractivity contribution in [3.63, 3.8) is 0 Å². The van der Waals surface area contributed by atoms with Crippen LogP contribution in [-0.4, -0.2) is 86.0 Å². The zero-order chi connectivity index (χ0) is 16.4. The van der Waals surface area contributed by atoms with Gasteiger partial charge in [-0.05, 0) is 13.3 Å². The smallest absolute Gasteiger partial charge is 0.219 e. The molecule has 0 aromatic heterocycles. The van der Waals surface area contributed by atoms with Crippen molar-refractivity contribution in [1.82, 2.24) is 20.0 Å². The van der Waals surface area contributed by atoms with Crippen LogP contribution in [0.5, 0.6) is 0 Å². The monoisotopic (exact) mass is 439 g/mol. The third-order valence-corrected chi connectivity index (χ3v) is 4.04. The van der Waals surface area contributed by atoms with Gasteiger partial charge in [-0.15, -0.1) is 24.0 Å². The average molecular weight is 439 g/mol. The Morgan fingerprint density at radius 3 is 2.39 bits per heavy atom. The first-order chi connectivity index (χ1) is 10.6. The van der Waals surface area contributed by atoms with E-state index in [0.29, 0.717) is 0 Å². The van der Waals surface area contributed by atoms with Gasteiger partial charge < -0.3 is 15.1 Å². The molecule has 0 radical (unpaired) electrons. The van der Waals surface area contributed by atoms with Crippen molar-refractivity contribution in [2.45, 2.75) is 33.6 Å². The molecule has 0 atom stereocenters. The number of nitrogens with one attached hydrogen (secondary N) is 1. The molecule has 1 fully saturated rings. The van der Waals surface area contributed by atoms with Gasteiger partial charge in [0.1, 0.15) is 0 Å². The van der Waals surface area contributed by atoms with Crippen LogP contribution in [0.15, 0.2) is 4.99 Å². The normalized spacial score (nSPS) is 16.0. The van der Waals surface area contributed by atoms with Crippen LogP contribution in [0.25, 0.3) is 0 Å². The number of carbonyl (C=O) groups is 1. The second kappa shape index (κ2) is 12.8. The molecule has 1 heterocycles. The Hall–Kier alpha value is -0.570. The molecule has 0 aromatic rings. The van der Waals surface area contributed by atoms with Crippen molar-refractivity contribution >= 4 is 35.8 Å². The van der Waals surface area contributed by atoms with Crippen LogP contribution in [0.4, 0.5) is 0 Å². The summed E-state index contributed by atoms with van der Waals surface area (Å²) in [5.41, 5.74) is 0. The van der Waals surface area contributed by atoms with Crippen molar-refractivity contribution in [3.8, 4) is 0 Å². The number of guanidine groups is 1. The molecule has 1 N–H and O–H groups in total. The average Bonchev–Trinajstić information content (AvgIpc) is 2.52. The van der Waals surface area contributed by atoms with Gasteiger partial charge in [-0.1, -0.05) is 13.3 Å². The Morgan fingerprint density at radius 1 is 1.22 bits per heavy atom. The number of nitrogens with zero attached hydrogens (tertiary/aromatic N) is 4. The van der Waals surface area contributed by atoms with Gasteiger partial charge in [0.05, 0.1) is 6.54 Å². The summed E-state index contributed by atoms with van der Waals surface area (Å²) in [7, 11) is 2.10. The third kappa shape index (κ3) is 8.74. The molecular weight excluding hydrogens is 405 g/mol. The lowest BCUT2D eigenvalue weighted by molar-refractivity contribution is -0.130. The Morgan fingerprint density at radius 2 is 1.87 bits per heavy atom. The van der Waals surface area contributed by atoms with Crippen molar-refractivity contribution in [1.29, 1.82) is 0 Å². The van der Waals surface area contributed by atoms with Gasteiger partial charge in [-0.2, -0.15) is 0 Å². The van der Waals surface area contributed by atoms with Crippen LogP contribution in [0.2, 0.25) is 0 Å². The fraction of sp³-hybridized carbons (Fsp3) is 0.875. The first-order valence-electron chi connectivity index (χ1n) is 8.55. The number of hydrogen-bond acceptors (Lipinski definition) is 3. The first-order valence-corrected chi connectivity index (χ1v) is 8.55. The third-order valence-electron chi connectivity index (χ3n) is 4.04. The summed E-state index contributed by atoms with van der Waals surface area (Å²) in [6.45, 7) is 13.3.